The molecule has 3 rings (SSSR count). The summed E-state index contributed by atoms with van der Waals surface area (Å²) >= 11 is 0. The molecule has 33 heavy (non-hydrogen) atoms. The van der Waals surface area contributed by atoms with Gasteiger partial charge in [0.15, 0.2) is 0 Å². The minimum absolute atomic E-state index is 0.0605. The van der Waals surface area contributed by atoms with Gasteiger partial charge in [0.25, 0.3) is 11.7 Å². The molecule has 2 aromatic rings. The zero-order valence-electron chi connectivity index (χ0n) is 19.4. The van der Waals surface area contributed by atoms with E-state index in [0.29, 0.717) is 37.5 Å². The van der Waals surface area contributed by atoms with Crippen LogP contribution in [0.3, 0.4) is 0 Å². The number of hydrogen-bond acceptors (Lipinski definition) is 6. The first kappa shape index (κ1) is 24.3. The molecule has 0 aliphatic carbocycles. The van der Waals surface area contributed by atoms with Crippen LogP contribution in [0.1, 0.15) is 43.4 Å². The molecule has 7 nitrogen and oxygen atoms in total. The summed E-state index contributed by atoms with van der Waals surface area (Å²) in [7, 11) is 3.11. The van der Waals surface area contributed by atoms with Gasteiger partial charge < -0.3 is 24.2 Å². The Kier molecular flexibility index (Phi) is 8.49. The molecule has 0 bridgehead atoms. The highest BCUT2D eigenvalue weighted by Crippen LogP contribution is 2.40. The summed E-state index contributed by atoms with van der Waals surface area (Å²) in [6.45, 7) is 3.51. The largest absolute Gasteiger partial charge is 0.507 e. The van der Waals surface area contributed by atoms with Gasteiger partial charge in [-0.15, -0.1) is 0 Å². The Hall–Kier alpha value is -3.32. The van der Waals surface area contributed by atoms with E-state index in [4.69, 9.17) is 14.2 Å². The van der Waals surface area contributed by atoms with Crippen molar-refractivity contribution in [3.63, 3.8) is 0 Å². The van der Waals surface area contributed by atoms with Gasteiger partial charge in [0.05, 0.1) is 25.3 Å². The molecule has 1 heterocycles. The smallest absolute Gasteiger partial charge is 0.295 e. The zero-order valence-corrected chi connectivity index (χ0v) is 19.4. The Morgan fingerprint density at radius 3 is 2.42 bits per heavy atom. The molecule has 1 N–H and O–H groups in total. The molecule has 1 saturated heterocycles. The number of likely N-dealkylation sites (tertiary alicyclic amines) is 1. The van der Waals surface area contributed by atoms with E-state index < -0.39 is 17.7 Å². The molecular formula is C26H31NO6. The van der Waals surface area contributed by atoms with Crippen molar-refractivity contribution < 1.29 is 28.9 Å². The number of hydrogen-bond donors (Lipinski definition) is 1. The Bertz CT molecular complexity index is 998. The number of methoxy groups -OCH3 is 2. The van der Waals surface area contributed by atoms with Crippen molar-refractivity contribution >= 4 is 17.4 Å². The van der Waals surface area contributed by atoms with Gasteiger partial charge in [0.2, 0.25) is 0 Å². The lowest BCUT2D eigenvalue weighted by Gasteiger charge is -2.25. The highest BCUT2D eigenvalue weighted by Gasteiger charge is 2.45. The lowest BCUT2D eigenvalue weighted by molar-refractivity contribution is -0.140. The summed E-state index contributed by atoms with van der Waals surface area (Å²) in [5, 5.41) is 11.1. The first-order valence-electron chi connectivity index (χ1n) is 11.2. The van der Waals surface area contributed by atoms with Gasteiger partial charge in [-0.3, -0.25) is 9.59 Å². The van der Waals surface area contributed by atoms with Crippen LogP contribution in [0.2, 0.25) is 0 Å². The molecule has 0 radical (unpaired) electrons. The number of aliphatic hydroxyl groups is 1. The second kappa shape index (κ2) is 11.5. The third-order valence-electron chi connectivity index (χ3n) is 5.59. The Labute approximate surface area is 194 Å². The number of benzene rings is 2. The maximum absolute atomic E-state index is 13.0. The predicted molar refractivity (Wildman–Crippen MR) is 125 cm³/mol. The van der Waals surface area contributed by atoms with E-state index in [1.54, 1.807) is 31.4 Å². The van der Waals surface area contributed by atoms with Crippen molar-refractivity contribution in [1.29, 1.82) is 0 Å². The molecule has 1 aliphatic rings. The lowest BCUT2D eigenvalue weighted by atomic mass is 9.95. The van der Waals surface area contributed by atoms with E-state index in [1.807, 2.05) is 24.3 Å². The van der Waals surface area contributed by atoms with E-state index in [9.17, 15) is 14.7 Å². The molecule has 1 amide bonds. The van der Waals surface area contributed by atoms with Crippen molar-refractivity contribution in [2.45, 2.75) is 32.2 Å². The van der Waals surface area contributed by atoms with Crippen LogP contribution in [-0.2, 0) is 14.3 Å². The first-order valence-corrected chi connectivity index (χ1v) is 11.2. The molecule has 0 aromatic heterocycles. The van der Waals surface area contributed by atoms with Crippen molar-refractivity contribution in [3.05, 3.63) is 65.2 Å². The highest BCUT2D eigenvalue weighted by molar-refractivity contribution is 6.46. The average molecular weight is 454 g/mol. The molecule has 0 saturated carbocycles. The van der Waals surface area contributed by atoms with Crippen LogP contribution in [0, 0.1) is 0 Å². The fourth-order valence-corrected chi connectivity index (χ4v) is 3.84. The maximum atomic E-state index is 13.0. The second-order valence-corrected chi connectivity index (χ2v) is 7.84. The number of aliphatic hydroxyl groups excluding tert-OH is 1. The predicted octanol–water partition coefficient (Wildman–Crippen LogP) is 4.33. The number of ether oxygens (including phenoxy) is 3. The number of carbonyl (C=O) groups is 2. The summed E-state index contributed by atoms with van der Waals surface area (Å²) in [4.78, 5) is 27.5. The number of ketones is 1. The lowest BCUT2D eigenvalue weighted by Crippen LogP contribution is -2.31. The van der Waals surface area contributed by atoms with Gasteiger partial charge in [-0.25, -0.2) is 0 Å². The maximum Gasteiger partial charge on any atom is 0.295 e. The van der Waals surface area contributed by atoms with Crippen LogP contribution in [0.15, 0.2) is 54.1 Å². The van der Waals surface area contributed by atoms with Gasteiger partial charge in [0, 0.05) is 25.8 Å². The van der Waals surface area contributed by atoms with E-state index in [0.717, 1.165) is 24.2 Å². The number of nitrogens with zero attached hydrogens (tertiary/aromatic N) is 1. The molecular weight excluding hydrogens is 422 g/mol. The molecule has 0 spiro atoms. The number of Topliss-reactive ketones (excluding diaryl/α,β-unsaturated/α-hetero) is 1. The third-order valence-corrected chi connectivity index (χ3v) is 5.59. The summed E-state index contributed by atoms with van der Waals surface area (Å²) in [6.07, 6.45) is 2.57. The van der Waals surface area contributed by atoms with Crippen molar-refractivity contribution in [2.75, 3.05) is 34.0 Å². The summed E-state index contributed by atoms with van der Waals surface area (Å²) in [5.41, 5.74) is 1.19. The van der Waals surface area contributed by atoms with Gasteiger partial charge in [-0.1, -0.05) is 37.6 Å². The topological polar surface area (TPSA) is 85.3 Å². The van der Waals surface area contributed by atoms with Crippen LogP contribution in [0.5, 0.6) is 11.5 Å². The fraction of sp³-hybridized carbons (Fsp3) is 0.385. The van der Waals surface area contributed by atoms with Crippen molar-refractivity contribution in [1.82, 2.24) is 4.90 Å². The van der Waals surface area contributed by atoms with Crippen LogP contribution in [-0.4, -0.2) is 55.7 Å². The first-order chi connectivity index (χ1) is 16.0. The number of carbonyl (C=O) groups excluding carboxylic acids is 2. The van der Waals surface area contributed by atoms with Gasteiger partial charge in [0.1, 0.15) is 17.3 Å². The van der Waals surface area contributed by atoms with Gasteiger partial charge in [-0.2, -0.15) is 0 Å². The molecule has 2 aromatic carbocycles. The van der Waals surface area contributed by atoms with E-state index >= 15 is 0 Å². The Morgan fingerprint density at radius 2 is 1.76 bits per heavy atom. The van der Waals surface area contributed by atoms with Crippen LogP contribution < -0.4 is 9.47 Å². The summed E-state index contributed by atoms with van der Waals surface area (Å²) < 4.78 is 16.1. The third kappa shape index (κ3) is 5.54. The fourth-order valence-electron chi connectivity index (χ4n) is 3.84. The van der Waals surface area contributed by atoms with Gasteiger partial charge >= 0.3 is 0 Å². The summed E-state index contributed by atoms with van der Waals surface area (Å²) in [6, 6.07) is 13.4. The number of unbranched alkanes of at least 4 members (excludes halogenated alkanes) is 1. The van der Waals surface area contributed by atoms with E-state index in [-0.39, 0.29) is 11.3 Å². The normalized spacial score (nSPS) is 17.4. The molecule has 1 unspecified atom stereocenters. The van der Waals surface area contributed by atoms with Crippen LogP contribution >= 0.6 is 0 Å². The Balaban J connectivity index is 2.02. The van der Waals surface area contributed by atoms with Crippen LogP contribution in [0.4, 0.5) is 0 Å². The quantitative estimate of drug-likeness (QED) is 0.236. The minimum atomic E-state index is -0.710. The van der Waals surface area contributed by atoms with Crippen molar-refractivity contribution in [3.8, 4) is 11.5 Å². The van der Waals surface area contributed by atoms with Crippen molar-refractivity contribution in [2.24, 2.45) is 0 Å². The Morgan fingerprint density at radius 1 is 1.00 bits per heavy atom. The molecule has 1 fully saturated rings. The molecule has 1 aliphatic heterocycles. The van der Waals surface area contributed by atoms with E-state index in [1.165, 1.54) is 12.0 Å². The SMILES string of the molecule is CCCCOc1ccc(C2C(=C(O)c3cccc(OC)c3)C(=O)C(=O)N2CCCOC)cc1. The average Bonchev–Trinajstić information content (AvgIpc) is 3.09. The standard InChI is InChI=1S/C26H31NO6/c1-4-5-16-33-20-12-10-18(11-13-20)23-22(24(28)19-8-6-9-21(17-19)32-3)25(29)26(30)27(23)14-7-15-31-2/h6,8-13,17,23,28H,4-5,7,14-16H2,1-3H3. The van der Waals surface area contributed by atoms with E-state index in [2.05, 4.69) is 6.92 Å². The number of rotatable bonds is 11. The molecule has 7 heteroatoms. The zero-order chi connectivity index (χ0) is 23.8. The molecule has 176 valence electrons. The number of amides is 1. The van der Waals surface area contributed by atoms with Gasteiger partial charge in [-0.05, 0) is 42.7 Å². The molecule has 1 atom stereocenters. The highest BCUT2D eigenvalue weighted by atomic mass is 16.5. The monoisotopic (exact) mass is 453 g/mol. The summed E-state index contributed by atoms with van der Waals surface area (Å²) in [5.74, 6) is -0.311. The van der Waals surface area contributed by atoms with Crippen LogP contribution in [0.25, 0.3) is 5.76 Å². The minimum Gasteiger partial charge on any atom is -0.507 e. The second-order valence-electron chi connectivity index (χ2n) is 7.84.